The van der Waals surface area contributed by atoms with Crippen LogP contribution in [0.1, 0.15) is 23.0 Å². The topological polar surface area (TPSA) is 0 Å². The first-order valence-electron chi connectivity index (χ1n) is 5.05. The summed E-state index contributed by atoms with van der Waals surface area (Å²) in [5, 5.41) is 0. The Hall–Kier alpha value is 0.880. The average Bonchev–Trinajstić information content (AvgIpc) is 2.28. The second-order valence-corrected chi connectivity index (χ2v) is 7.99. The van der Waals surface area contributed by atoms with E-state index >= 15 is 0 Å². The molecule has 0 spiro atoms. The highest BCUT2D eigenvalue weighted by Crippen LogP contribution is 2.59. The Morgan fingerprint density at radius 3 is 1.50 bits per heavy atom. The fourth-order valence-electron chi connectivity index (χ4n) is 2.64. The van der Waals surface area contributed by atoms with Crippen molar-refractivity contribution in [3.8, 4) is 0 Å². The summed E-state index contributed by atoms with van der Waals surface area (Å²) in [6, 6.07) is 8.72. The quantitative estimate of drug-likeness (QED) is 0.444. The van der Waals surface area contributed by atoms with Gasteiger partial charge < -0.3 is 0 Å². The third-order valence-electron chi connectivity index (χ3n) is 3.38. The Balaban J connectivity index is 2.28. The summed E-state index contributed by atoms with van der Waals surface area (Å²) in [5.41, 5.74) is 2.89. The molecular weight excluding hydrogens is 464 g/mol. The van der Waals surface area contributed by atoms with Gasteiger partial charge >= 0.3 is 0 Å². The van der Waals surface area contributed by atoms with Crippen LogP contribution >= 0.6 is 63.7 Å². The van der Waals surface area contributed by atoms with Crippen molar-refractivity contribution in [3.05, 3.63) is 44.4 Å². The van der Waals surface area contributed by atoms with Crippen LogP contribution in [-0.2, 0) is 0 Å². The lowest BCUT2D eigenvalue weighted by molar-refractivity contribution is 0.587. The molecular formula is C12H8Br4. The Morgan fingerprint density at radius 1 is 0.750 bits per heavy atom. The summed E-state index contributed by atoms with van der Waals surface area (Å²) in [6.45, 7) is 0. The van der Waals surface area contributed by atoms with Crippen LogP contribution in [-0.4, -0.2) is 9.65 Å². The number of rotatable bonds is 0. The maximum Gasteiger partial charge on any atom is 0.0395 e. The molecule has 0 N–H and O–H groups in total. The van der Waals surface area contributed by atoms with Gasteiger partial charge in [0.1, 0.15) is 0 Å². The summed E-state index contributed by atoms with van der Waals surface area (Å²) in [6.07, 6.45) is 0. The van der Waals surface area contributed by atoms with E-state index in [0.717, 1.165) is 0 Å². The van der Waals surface area contributed by atoms with Crippen LogP contribution < -0.4 is 0 Å². The molecule has 0 saturated heterocycles. The van der Waals surface area contributed by atoms with Gasteiger partial charge in [0.15, 0.2) is 0 Å². The van der Waals surface area contributed by atoms with Crippen molar-refractivity contribution >= 4 is 63.7 Å². The third kappa shape index (κ3) is 1.49. The van der Waals surface area contributed by atoms with Crippen molar-refractivity contribution in [3.63, 3.8) is 0 Å². The molecule has 4 rings (SSSR count). The minimum absolute atomic E-state index is 0.417. The van der Waals surface area contributed by atoms with Crippen molar-refractivity contribution in [1.29, 1.82) is 0 Å². The molecule has 0 radical (unpaired) electrons. The molecule has 0 amide bonds. The number of fused-ring (bicyclic) bond motifs is 1. The number of alkyl halides is 2. The van der Waals surface area contributed by atoms with Crippen molar-refractivity contribution < 1.29 is 0 Å². The van der Waals surface area contributed by atoms with E-state index in [2.05, 4.69) is 88.0 Å². The zero-order valence-corrected chi connectivity index (χ0v) is 14.5. The first-order valence-corrected chi connectivity index (χ1v) is 8.46. The van der Waals surface area contributed by atoms with E-state index in [4.69, 9.17) is 0 Å². The van der Waals surface area contributed by atoms with Gasteiger partial charge in [0.2, 0.25) is 0 Å². The smallest absolute Gasteiger partial charge is 0.0395 e. The van der Waals surface area contributed by atoms with Gasteiger partial charge in [-0.15, -0.1) is 0 Å². The molecule has 4 atom stereocenters. The lowest BCUT2D eigenvalue weighted by Crippen LogP contribution is -2.39. The molecule has 16 heavy (non-hydrogen) atoms. The predicted molar refractivity (Wildman–Crippen MR) is 82.2 cm³/mol. The molecule has 0 fully saturated rings. The number of benzene rings is 1. The van der Waals surface area contributed by atoms with Gasteiger partial charge in [0, 0.05) is 30.5 Å². The molecule has 0 aliphatic heterocycles. The van der Waals surface area contributed by atoms with E-state index in [9.17, 15) is 0 Å². The Bertz CT molecular complexity index is 437. The van der Waals surface area contributed by atoms with Crippen LogP contribution in [0.4, 0.5) is 0 Å². The molecule has 2 bridgehead atoms. The Labute approximate surface area is 128 Å². The highest BCUT2D eigenvalue weighted by atomic mass is 79.9. The van der Waals surface area contributed by atoms with Crippen molar-refractivity contribution in [2.75, 3.05) is 0 Å². The SMILES string of the molecule is BrC1=C(Br)[C@H]2c3ccccc3[C@@H]1[C@H](Br)[C@@H]2Br. The monoisotopic (exact) mass is 468 g/mol. The largest absolute Gasteiger partial charge is 0.0868 e. The number of allylic oxidation sites excluding steroid dienone is 2. The van der Waals surface area contributed by atoms with E-state index in [0.29, 0.717) is 21.5 Å². The third-order valence-corrected chi connectivity index (χ3v) is 8.66. The van der Waals surface area contributed by atoms with Crippen molar-refractivity contribution in [1.82, 2.24) is 0 Å². The van der Waals surface area contributed by atoms with Gasteiger partial charge in [-0.05, 0) is 11.1 Å². The van der Waals surface area contributed by atoms with Gasteiger partial charge in [0.25, 0.3) is 0 Å². The van der Waals surface area contributed by atoms with Gasteiger partial charge in [-0.25, -0.2) is 0 Å². The average molecular weight is 472 g/mol. The predicted octanol–water partition coefficient (Wildman–Crippen LogP) is 5.41. The van der Waals surface area contributed by atoms with Gasteiger partial charge in [-0.3, -0.25) is 0 Å². The summed E-state index contributed by atoms with van der Waals surface area (Å²) in [5.74, 6) is 0.833. The fraction of sp³-hybridized carbons (Fsp3) is 0.333. The molecule has 0 nitrogen and oxygen atoms in total. The van der Waals surface area contributed by atoms with Crippen LogP contribution in [0.2, 0.25) is 0 Å². The minimum atomic E-state index is 0.417. The highest BCUT2D eigenvalue weighted by Gasteiger charge is 2.48. The Morgan fingerprint density at radius 2 is 1.12 bits per heavy atom. The van der Waals surface area contributed by atoms with Gasteiger partial charge in [-0.1, -0.05) is 88.0 Å². The fourth-order valence-corrected chi connectivity index (χ4v) is 6.61. The molecule has 0 heterocycles. The highest BCUT2D eigenvalue weighted by molar-refractivity contribution is 9.14. The van der Waals surface area contributed by atoms with Crippen LogP contribution in [0, 0.1) is 0 Å². The van der Waals surface area contributed by atoms with E-state index in [1.165, 1.54) is 20.1 Å². The first-order chi connectivity index (χ1) is 7.63. The molecule has 84 valence electrons. The van der Waals surface area contributed by atoms with E-state index < -0.39 is 0 Å². The lowest BCUT2D eigenvalue weighted by Gasteiger charge is -2.45. The van der Waals surface area contributed by atoms with Gasteiger partial charge in [-0.2, -0.15) is 0 Å². The van der Waals surface area contributed by atoms with E-state index in [1.54, 1.807) is 0 Å². The molecule has 0 aromatic heterocycles. The molecule has 0 unspecified atom stereocenters. The molecule has 1 aromatic carbocycles. The van der Waals surface area contributed by atoms with Crippen LogP contribution in [0.25, 0.3) is 0 Å². The summed E-state index contributed by atoms with van der Waals surface area (Å²) in [4.78, 5) is 0.895. The lowest BCUT2D eigenvalue weighted by atomic mass is 9.71. The van der Waals surface area contributed by atoms with Crippen LogP contribution in [0.3, 0.4) is 0 Å². The number of halogens is 4. The summed E-state index contributed by atoms with van der Waals surface area (Å²) < 4.78 is 2.57. The number of hydrogen-bond donors (Lipinski definition) is 0. The standard InChI is InChI=1S/C12H8Br4/c13-9-7-5-3-1-2-4-6(5)8(11(9)15)12(16)10(7)14/h1-4,7-9,11H/t7-,8+,9+,11-. The molecule has 0 saturated carbocycles. The zero-order chi connectivity index (χ0) is 11.4. The molecule has 3 aliphatic carbocycles. The summed E-state index contributed by atoms with van der Waals surface area (Å²) >= 11 is 15.1. The first kappa shape index (κ1) is 11.9. The van der Waals surface area contributed by atoms with E-state index in [-0.39, 0.29) is 0 Å². The minimum Gasteiger partial charge on any atom is -0.0868 e. The summed E-state index contributed by atoms with van der Waals surface area (Å²) in [7, 11) is 0. The Kier molecular flexibility index (Phi) is 3.15. The number of hydrogen-bond acceptors (Lipinski definition) is 0. The molecule has 3 aliphatic rings. The van der Waals surface area contributed by atoms with Crippen LogP contribution in [0.5, 0.6) is 0 Å². The maximum atomic E-state index is 3.82. The van der Waals surface area contributed by atoms with Gasteiger partial charge in [0.05, 0.1) is 0 Å². The van der Waals surface area contributed by atoms with Crippen LogP contribution in [0.15, 0.2) is 33.2 Å². The van der Waals surface area contributed by atoms with Crippen molar-refractivity contribution in [2.45, 2.75) is 21.5 Å². The molecule has 1 aromatic rings. The normalized spacial score (nSPS) is 36.5. The van der Waals surface area contributed by atoms with Crippen molar-refractivity contribution in [2.24, 2.45) is 0 Å². The molecule has 4 heteroatoms. The second kappa shape index (κ2) is 4.22. The van der Waals surface area contributed by atoms with E-state index in [1.807, 2.05) is 0 Å². The second-order valence-electron chi connectivity index (χ2n) is 4.17. The maximum absolute atomic E-state index is 3.82. The zero-order valence-electron chi connectivity index (χ0n) is 8.13.